The average Bonchev–Trinajstić information content (AvgIpc) is 2.37. The van der Waals surface area contributed by atoms with Gasteiger partial charge < -0.3 is 9.84 Å². The number of hydrogen-bond acceptors (Lipinski definition) is 3. The molecule has 1 aliphatic rings. The van der Waals surface area contributed by atoms with Crippen LogP contribution in [0.4, 0.5) is 0 Å². The first-order valence-electron chi connectivity index (χ1n) is 5.94. The maximum Gasteiger partial charge on any atom is 0.317 e. The standard InChI is InChI=1S/C14H17NO3/c1-2-7-15(8-14(16)17)13-10-18-9-11-5-3-4-6-12(11)13/h2-6,13H,1,7-10H2,(H,16,17). The monoisotopic (exact) mass is 247 g/mol. The molecule has 0 saturated heterocycles. The smallest absolute Gasteiger partial charge is 0.317 e. The van der Waals surface area contributed by atoms with Crippen molar-refractivity contribution in [3.05, 3.63) is 48.0 Å². The van der Waals surface area contributed by atoms with Crippen LogP contribution in [0.25, 0.3) is 0 Å². The molecule has 96 valence electrons. The second-order valence-electron chi connectivity index (χ2n) is 4.34. The molecular weight excluding hydrogens is 230 g/mol. The van der Waals surface area contributed by atoms with Crippen LogP contribution in [0, 0.1) is 0 Å². The maximum atomic E-state index is 10.9. The molecule has 0 aromatic heterocycles. The van der Waals surface area contributed by atoms with Gasteiger partial charge in [-0.2, -0.15) is 0 Å². The van der Waals surface area contributed by atoms with Gasteiger partial charge in [-0.15, -0.1) is 6.58 Å². The molecule has 0 bridgehead atoms. The second-order valence-corrected chi connectivity index (χ2v) is 4.34. The molecule has 4 nitrogen and oxygen atoms in total. The minimum Gasteiger partial charge on any atom is -0.480 e. The van der Waals surface area contributed by atoms with Crippen molar-refractivity contribution in [3.63, 3.8) is 0 Å². The van der Waals surface area contributed by atoms with E-state index in [0.717, 1.165) is 11.1 Å². The molecule has 0 fully saturated rings. The van der Waals surface area contributed by atoms with Gasteiger partial charge in [0.2, 0.25) is 0 Å². The SMILES string of the molecule is C=CCN(CC(=O)O)C1COCc2ccccc21. The summed E-state index contributed by atoms with van der Waals surface area (Å²) in [5, 5.41) is 8.97. The second kappa shape index (κ2) is 5.80. The third-order valence-electron chi connectivity index (χ3n) is 3.09. The van der Waals surface area contributed by atoms with Crippen LogP contribution < -0.4 is 0 Å². The lowest BCUT2D eigenvalue weighted by atomic mass is 9.98. The molecule has 1 unspecified atom stereocenters. The zero-order valence-electron chi connectivity index (χ0n) is 10.2. The molecule has 0 radical (unpaired) electrons. The van der Waals surface area contributed by atoms with Crippen molar-refractivity contribution in [3.8, 4) is 0 Å². The van der Waals surface area contributed by atoms with E-state index in [0.29, 0.717) is 19.8 Å². The number of rotatable bonds is 5. The zero-order chi connectivity index (χ0) is 13.0. The van der Waals surface area contributed by atoms with Gasteiger partial charge in [0.1, 0.15) is 0 Å². The first-order valence-corrected chi connectivity index (χ1v) is 5.94. The Morgan fingerprint density at radius 3 is 3.06 bits per heavy atom. The Morgan fingerprint density at radius 1 is 1.56 bits per heavy atom. The van der Waals surface area contributed by atoms with E-state index in [4.69, 9.17) is 9.84 Å². The van der Waals surface area contributed by atoms with Crippen LogP contribution in [-0.4, -0.2) is 35.7 Å². The van der Waals surface area contributed by atoms with Crippen molar-refractivity contribution in [2.75, 3.05) is 19.7 Å². The van der Waals surface area contributed by atoms with Crippen molar-refractivity contribution in [1.82, 2.24) is 4.90 Å². The Hall–Kier alpha value is -1.65. The first-order chi connectivity index (χ1) is 8.72. The molecule has 4 heteroatoms. The van der Waals surface area contributed by atoms with Crippen molar-refractivity contribution in [1.29, 1.82) is 0 Å². The summed E-state index contributed by atoms with van der Waals surface area (Å²) in [5.41, 5.74) is 2.29. The summed E-state index contributed by atoms with van der Waals surface area (Å²) in [7, 11) is 0. The van der Waals surface area contributed by atoms with E-state index >= 15 is 0 Å². The van der Waals surface area contributed by atoms with Gasteiger partial charge in [0.25, 0.3) is 0 Å². The van der Waals surface area contributed by atoms with Crippen LogP contribution in [0.1, 0.15) is 17.2 Å². The van der Waals surface area contributed by atoms with E-state index in [9.17, 15) is 4.79 Å². The number of carbonyl (C=O) groups is 1. The van der Waals surface area contributed by atoms with Gasteiger partial charge in [-0.25, -0.2) is 0 Å². The molecule has 0 saturated carbocycles. The van der Waals surface area contributed by atoms with Crippen LogP contribution in [0.3, 0.4) is 0 Å². The van der Waals surface area contributed by atoms with Crippen molar-refractivity contribution in [2.45, 2.75) is 12.6 Å². The highest BCUT2D eigenvalue weighted by molar-refractivity contribution is 5.69. The number of carboxylic acid groups (broad SMARTS) is 1. The highest BCUT2D eigenvalue weighted by Crippen LogP contribution is 2.29. The first kappa shape index (κ1) is 12.8. The Balaban J connectivity index is 2.25. The maximum absolute atomic E-state index is 10.9. The quantitative estimate of drug-likeness (QED) is 0.806. The molecule has 1 N–H and O–H groups in total. The van der Waals surface area contributed by atoms with E-state index in [1.54, 1.807) is 6.08 Å². The van der Waals surface area contributed by atoms with Gasteiger partial charge in [-0.05, 0) is 11.1 Å². The molecule has 0 amide bonds. The molecule has 0 spiro atoms. The summed E-state index contributed by atoms with van der Waals surface area (Å²) in [4.78, 5) is 12.8. The summed E-state index contributed by atoms with van der Waals surface area (Å²) in [6.07, 6.45) is 1.72. The van der Waals surface area contributed by atoms with Gasteiger partial charge in [0.05, 0.1) is 25.8 Å². The predicted octanol–water partition coefficient (Wildman–Crippen LogP) is 1.83. The lowest BCUT2D eigenvalue weighted by Gasteiger charge is -2.34. The Morgan fingerprint density at radius 2 is 2.33 bits per heavy atom. The van der Waals surface area contributed by atoms with E-state index in [2.05, 4.69) is 6.58 Å². The summed E-state index contributed by atoms with van der Waals surface area (Å²) in [5.74, 6) is -0.833. The molecule has 1 aromatic rings. The average molecular weight is 247 g/mol. The van der Waals surface area contributed by atoms with Crippen molar-refractivity contribution >= 4 is 5.97 Å². The summed E-state index contributed by atoms with van der Waals surface area (Å²) >= 11 is 0. The van der Waals surface area contributed by atoms with E-state index in [1.165, 1.54) is 0 Å². The van der Waals surface area contributed by atoms with Gasteiger partial charge in [-0.3, -0.25) is 9.69 Å². The number of hydrogen-bond donors (Lipinski definition) is 1. The zero-order valence-corrected chi connectivity index (χ0v) is 10.2. The summed E-state index contributed by atoms with van der Waals surface area (Å²) < 4.78 is 5.55. The number of ether oxygens (including phenoxy) is 1. The topological polar surface area (TPSA) is 49.8 Å². The fourth-order valence-electron chi connectivity index (χ4n) is 2.30. The van der Waals surface area contributed by atoms with Crippen LogP contribution in [0.5, 0.6) is 0 Å². The van der Waals surface area contributed by atoms with Gasteiger partial charge in [-0.1, -0.05) is 30.3 Å². The van der Waals surface area contributed by atoms with Gasteiger partial charge in [0.15, 0.2) is 0 Å². The number of benzene rings is 1. The molecule has 2 rings (SSSR count). The van der Waals surface area contributed by atoms with E-state index < -0.39 is 5.97 Å². The predicted molar refractivity (Wildman–Crippen MR) is 68.2 cm³/mol. The number of fused-ring (bicyclic) bond motifs is 1. The molecule has 1 aromatic carbocycles. The van der Waals surface area contributed by atoms with E-state index in [1.807, 2.05) is 29.2 Å². The van der Waals surface area contributed by atoms with Crippen LogP contribution >= 0.6 is 0 Å². The fourth-order valence-corrected chi connectivity index (χ4v) is 2.30. The van der Waals surface area contributed by atoms with Crippen molar-refractivity contribution < 1.29 is 14.6 Å². The van der Waals surface area contributed by atoms with Crippen LogP contribution in [0.15, 0.2) is 36.9 Å². The molecule has 18 heavy (non-hydrogen) atoms. The highest BCUT2D eigenvalue weighted by Gasteiger charge is 2.26. The Bertz CT molecular complexity index is 444. The lowest BCUT2D eigenvalue weighted by molar-refractivity contribution is -0.139. The van der Waals surface area contributed by atoms with Gasteiger partial charge >= 0.3 is 5.97 Å². The van der Waals surface area contributed by atoms with Crippen LogP contribution in [0.2, 0.25) is 0 Å². The molecule has 1 atom stereocenters. The third-order valence-corrected chi connectivity index (χ3v) is 3.09. The third kappa shape index (κ3) is 2.78. The summed E-state index contributed by atoms with van der Waals surface area (Å²) in [6, 6.07) is 8.00. The molecule has 0 aliphatic carbocycles. The molecule has 1 heterocycles. The van der Waals surface area contributed by atoms with Crippen LogP contribution in [-0.2, 0) is 16.1 Å². The summed E-state index contributed by atoms with van der Waals surface area (Å²) in [6.45, 7) is 5.34. The lowest BCUT2D eigenvalue weighted by Crippen LogP contribution is -2.38. The van der Waals surface area contributed by atoms with E-state index in [-0.39, 0.29) is 12.6 Å². The Labute approximate surface area is 106 Å². The normalized spacial score (nSPS) is 18.4. The number of aliphatic carboxylic acids is 1. The fraction of sp³-hybridized carbons (Fsp3) is 0.357. The Kier molecular flexibility index (Phi) is 4.12. The highest BCUT2D eigenvalue weighted by atomic mass is 16.5. The minimum atomic E-state index is -0.833. The number of nitrogens with zero attached hydrogens (tertiary/aromatic N) is 1. The minimum absolute atomic E-state index is 0.00557. The van der Waals surface area contributed by atoms with Gasteiger partial charge in [0, 0.05) is 6.54 Å². The largest absolute Gasteiger partial charge is 0.480 e. The number of carboxylic acids is 1. The molecular formula is C14H17NO3. The van der Waals surface area contributed by atoms with Crippen molar-refractivity contribution in [2.24, 2.45) is 0 Å². The molecule has 1 aliphatic heterocycles.